The van der Waals surface area contributed by atoms with Gasteiger partial charge in [0.25, 0.3) is 0 Å². The maximum Gasteiger partial charge on any atom is 0.321 e. The van der Waals surface area contributed by atoms with Crippen LogP contribution >= 0.6 is 11.6 Å². The van der Waals surface area contributed by atoms with Crippen molar-refractivity contribution < 1.29 is 14.3 Å². The van der Waals surface area contributed by atoms with Crippen LogP contribution in [0.5, 0.6) is 11.5 Å². The quantitative estimate of drug-likeness (QED) is 0.783. The van der Waals surface area contributed by atoms with Crippen molar-refractivity contribution in [1.29, 1.82) is 0 Å². The van der Waals surface area contributed by atoms with E-state index >= 15 is 0 Å². The Morgan fingerprint density at radius 2 is 1.88 bits per heavy atom. The normalized spacial score (nSPS) is 10.2. The summed E-state index contributed by atoms with van der Waals surface area (Å²) < 4.78 is 11.2. The molecule has 1 N–H and O–H groups in total. The van der Waals surface area contributed by atoms with Crippen molar-refractivity contribution in [3.05, 3.63) is 53.1 Å². The van der Waals surface area contributed by atoms with Crippen molar-refractivity contribution in [1.82, 2.24) is 4.90 Å². The van der Waals surface area contributed by atoms with Crippen LogP contribution in [0.4, 0.5) is 10.5 Å². The topological polar surface area (TPSA) is 50.8 Å². The zero-order valence-electron chi connectivity index (χ0n) is 14.7. The van der Waals surface area contributed by atoms with Crippen molar-refractivity contribution in [2.45, 2.75) is 13.8 Å². The van der Waals surface area contributed by atoms with Crippen LogP contribution in [0.15, 0.2) is 42.5 Å². The predicted octanol–water partition coefficient (Wildman–Crippen LogP) is 4.59. The van der Waals surface area contributed by atoms with Gasteiger partial charge in [0.15, 0.2) is 0 Å². The molecule has 0 bridgehead atoms. The number of ether oxygens (including phenoxy) is 2. The number of nitrogens with one attached hydrogen (secondary N) is 1. The average Bonchev–Trinajstić information content (AvgIpc) is 2.59. The van der Waals surface area contributed by atoms with Crippen molar-refractivity contribution in [3.63, 3.8) is 0 Å². The zero-order chi connectivity index (χ0) is 18.2. The lowest BCUT2D eigenvalue weighted by molar-refractivity contribution is 0.207. The molecular weight excluding hydrogens is 340 g/mol. The first-order chi connectivity index (χ1) is 12.0. The second-order valence-electron chi connectivity index (χ2n) is 5.59. The van der Waals surface area contributed by atoms with E-state index in [1.165, 1.54) is 0 Å². The number of carbonyl (C=O) groups excluding carboxylic acids is 1. The number of anilines is 1. The maximum atomic E-state index is 12.3. The van der Waals surface area contributed by atoms with Gasteiger partial charge in [-0.1, -0.05) is 17.7 Å². The molecule has 2 aromatic carbocycles. The van der Waals surface area contributed by atoms with Gasteiger partial charge in [-0.05, 0) is 55.8 Å². The first-order valence-electron chi connectivity index (χ1n) is 8.13. The number of benzene rings is 2. The van der Waals surface area contributed by atoms with Crippen LogP contribution in [0.3, 0.4) is 0 Å². The number of amides is 2. The van der Waals surface area contributed by atoms with E-state index in [0.717, 1.165) is 11.3 Å². The lowest BCUT2D eigenvalue weighted by atomic mass is 10.2. The Bertz CT molecular complexity index is 704. The van der Waals surface area contributed by atoms with Crippen LogP contribution < -0.4 is 14.8 Å². The minimum atomic E-state index is -0.218. The second kappa shape index (κ2) is 9.18. The molecule has 0 aromatic heterocycles. The number of halogens is 1. The molecule has 25 heavy (non-hydrogen) atoms. The number of aryl methyl sites for hydroxylation is 1. The van der Waals surface area contributed by atoms with Crippen LogP contribution in [0.1, 0.15) is 12.5 Å². The number of nitrogens with zero attached hydrogens (tertiary/aromatic N) is 1. The van der Waals surface area contributed by atoms with E-state index in [9.17, 15) is 4.79 Å². The van der Waals surface area contributed by atoms with Gasteiger partial charge in [0.2, 0.25) is 0 Å². The Balaban J connectivity index is 1.86. The van der Waals surface area contributed by atoms with Crippen molar-refractivity contribution >= 4 is 23.3 Å². The summed E-state index contributed by atoms with van der Waals surface area (Å²) >= 11 is 5.83. The van der Waals surface area contributed by atoms with E-state index < -0.39 is 0 Å². The highest BCUT2D eigenvalue weighted by Gasteiger charge is 2.12. The lowest BCUT2D eigenvalue weighted by Crippen LogP contribution is -2.34. The molecule has 0 radical (unpaired) electrons. The third-order valence-electron chi connectivity index (χ3n) is 3.53. The van der Waals surface area contributed by atoms with Crippen molar-refractivity contribution in [3.8, 4) is 11.5 Å². The van der Waals surface area contributed by atoms with Crippen LogP contribution in [-0.4, -0.2) is 37.7 Å². The molecule has 0 spiro atoms. The number of hydrogen-bond donors (Lipinski definition) is 1. The Morgan fingerprint density at radius 1 is 1.16 bits per heavy atom. The minimum absolute atomic E-state index is 0.218. The molecule has 0 unspecified atom stereocenters. The molecule has 0 saturated carbocycles. The van der Waals surface area contributed by atoms with E-state index in [1.807, 2.05) is 32.0 Å². The standard InChI is InChI=1S/C19H23ClN2O3/c1-4-24-18-13-14(2)5-10-17(18)21-19(23)22(3)11-12-25-16-8-6-15(20)7-9-16/h5-10,13H,4,11-12H2,1-3H3,(H,21,23). The SMILES string of the molecule is CCOc1cc(C)ccc1NC(=O)N(C)CCOc1ccc(Cl)cc1. The Hall–Kier alpha value is -2.40. The van der Waals surface area contributed by atoms with Gasteiger partial charge >= 0.3 is 6.03 Å². The molecule has 0 aliphatic carbocycles. The second-order valence-corrected chi connectivity index (χ2v) is 6.02. The summed E-state index contributed by atoms with van der Waals surface area (Å²) in [4.78, 5) is 13.9. The van der Waals surface area contributed by atoms with Gasteiger partial charge in [-0.3, -0.25) is 0 Å². The van der Waals surface area contributed by atoms with Crippen LogP contribution in [0.2, 0.25) is 5.02 Å². The summed E-state index contributed by atoms with van der Waals surface area (Å²) in [5, 5.41) is 3.53. The fraction of sp³-hybridized carbons (Fsp3) is 0.316. The Kier molecular flexibility index (Phi) is 6.95. The molecule has 0 saturated heterocycles. The zero-order valence-corrected chi connectivity index (χ0v) is 15.5. The Labute approximate surface area is 153 Å². The summed E-state index contributed by atoms with van der Waals surface area (Å²) in [5.74, 6) is 1.39. The molecule has 134 valence electrons. The van der Waals surface area contributed by atoms with Gasteiger partial charge in [0, 0.05) is 12.1 Å². The van der Waals surface area contributed by atoms with Crippen LogP contribution in [-0.2, 0) is 0 Å². The minimum Gasteiger partial charge on any atom is -0.492 e. The first-order valence-corrected chi connectivity index (χ1v) is 8.51. The molecule has 0 fully saturated rings. The van der Waals surface area contributed by atoms with E-state index in [4.69, 9.17) is 21.1 Å². The molecule has 5 nitrogen and oxygen atoms in total. The molecule has 0 heterocycles. The largest absolute Gasteiger partial charge is 0.492 e. The first kappa shape index (κ1) is 18.9. The fourth-order valence-corrected chi connectivity index (χ4v) is 2.28. The molecule has 0 aliphatic heterocycles. The molecule has 6 heteroatoms. The highest BCUT2D eigenvalue weighted by molar-refractivity contribution is 6.30. The van der Waals surface area contributed by atoms with Gasteiger partial charge in [0.05, 0.1) is 18.8 Å². The number of hydrogen-bond acceptors (Lipinski definition) is 3. The maximum absolute atomic E-state index is 12.3. The van der Waals surface area contributed by atoms with Gasteiger partial charge in [-0.15, -0.1) is 0 Å². The monoisotopic (exact) mass is 362 g/mol. The predicted molar refractivity (Wildman–Crippen MR) is 101 cm³/mol. The van der Waals surface area contributed by atoms with Crippen LogP contribution in [0.25, 0.3) is 0 Å². The summed E-state index contributed by atoms with van der Waals surface area (Å²) in [7, 11) is 1.72. The summed E-state index contributed by atoms with van der Waals surface area (Å²) in [6.07, 6.45) is 0. The molecule has 2 rings (SSSR count). The van der Waals surface area contributed by atoms with Gasteiger partial charge < -0.3 is 19.7 Å². The number of rotatable bonds is 7. The lowest BCUT2D eigenvalue weighted by Gasteiger charge is -2.19. The fourth-order valence-electron chi connectivity index (χ4n) is 2.15. The van der Waals surface area contributed by atoms with E-state index in [-0.39, 0.29) is 6.03 Å². The number of urea groups is 1. The highest BCUT2D eigenvalue weighted by atomic mass is 35.5. The van der Waals surface area contributed by atoms with Gasteiger partial charge in [-0.25, -0.2) is 4.79 Å². The summed E-state index contributed by atoms with van der Waals surface area (Å²) in [6.45, 7) is 5.27. The van der Waals surface area contributed by atoms with E-state index in [2.05, 4.69) is 5.32 Å². The third kappa shape index (κ3) is 5.87. The number of carbonyl (C=O) groups is 1. The van der Waals surface area contributed by atoms with E-state index in [1.54, 1.807) is 36.2 Å². The van der Waals surface area contributed by atoms with Crippen molar-refractivity contribution in [2.75, 3.05) is 32.1 Å². The smallest absolute Gasteiger partial charge is 0.321 e. The van der Waals surface area contributed by atoms with Crippen molar-refractivity contribution in [2.24, 2.45) is 0 Å². The van der Waals surface area contributed by atoms with E-state index in [0.29, 0.717) is 36.2 Å². The molecule has 2 aromatic rings. The average molecular weight is 363 g/mol. The summed E-state index contributed by atoms with van der Waals surface area (Å²) in [5.41, 5.74) is 1.73. The Morgan fingerprint density at radius 3 is 2.56 bits per heavy atom. The molecule has 0 aliphatic rings. The third-order valence-corrected chi connectivity index (χ3v) is 3.79. The van der Waals surface area contributed by atoms with Gasteiger partial charge in [-0.2, -0.15) is 0 Å². The van der Waals surface area contributed by atoms with Crippen LogP contribution in [0, 0.1) is 6.92 Å². The molecule has 2 amide bonds. The molecular formula is C19H23ClN2O3. The summed E-state index contributed by atoms with van der Waals surface area (Å²) in [6, 6.07) is 12.6. The molecule has 0 atom stereocenters. The highest BCUT2D eigenvalue weighted by Crippen LogP contribution is 2.26. The van der Waals surface area contributed by atoms with Gasteiger partial charge in [0.1, 0.15) is 18.1 Å². The number of likely N-dealkylation sites (N-methyl/N-ethyl adjacent to an activating group) is 1.